The second-order valence-corrected chi connectivity index (χ2v) is 7.67. The Balaban J connectivity index is 1.77. The summed E-state index contributed by atoms with van der Waals surface area (Å²) in [7, 11) is 0. The van der Waals surface area contributed by atoms with Gasteiger partial charge in [0, 0.05) is 12.6 Å². The van der Waals surface area contributed by atoms with Gasteiger partial charge < -0.3 is 10.5 Å². The first-order chi connectivity index (χ1) is 10.1. The van der Waals surface area contributed by atoms with Crippen molar-refractivity contribution < 1.29 is 4.74 Å². The molecule has 2 saturated heterocycles. The largest absolute Gasteiger partial charge is 0.375 e. The van der Waals surface area contributed by atoms with Crippen molar-refractivity contribution >= 4 is 11.8 Å². The zero-order valence-corrected chi connectivity index (χ0v) is 13.8. The Morgan fingerprint density at radius 2 is 2.10 bits per heavy atom. The monoisotopic (exact) mass is 307 g/mol. The van der Waals surface area contributed by atoms with E-state index in [1.807, 2.05) is 25.6 Å². The molecule has 0 saturated carbocycles. The van der Waals surface area contributed by atoms with Gasteiger partial charge >= 0.3 is 0 Å². The molecule has 21 heavy (non-hydrogen) atoms. The molecule has 2 N–H and O–H groups in total. The van der Waals surface area contributed by atoms with Gasteiger partial charge in [-0.05, 0) is 68.6 Å². The second kappa shape index (κ2) is 6.23. The fourth-order valence-corrected chi connectivity index (χ4v) is 4.86. The predicted octanol–water partition coefficient (Wildman–Crippen LogP) is 2.79. The van der Waals surface area contributed by atoms with E-state index in [-0.39, 0.29) is 11.6 Å². The van der Waals surface area contributed by atoms with E-state index in [1.54, 1.807) is 0 Å². The van der Waals surface area contributed by atoms with Crippen LogP contribution >= 0.6 is 11.8 Å². The number of hydrogen-bond donors (Lipinski definition) is 1. The van der Waals surface area contributed by atoms with Gasteiger partial charge in [0.25, 0.3) is 0 Å². The number of hydrogen-bond acceptors (Lipinski definition) is 5. The van der Waals surface area contributed by atoms with Crippen molar-refractivity contribution in [3.05, 3.63) is 23.0 Å². The van der Waals surface area contributed by atoms with Gasteiger partial charge in [0.05, 0.1) is 17.0 Å². The summed E-state index contributed by atoms with van der Waals surface area (Å²) in [5, 5.41) is 8.35. The Labute approximate surface area is 131 Å². The van der Waals surface area contributed by atoms with Gasteiger partial charge in [0.2, 0.25) is 0 Å². The fraction of sp³-hybridized carbons (Fsp3) is 0.750. The fourth-order valence-electron chi connectivity index (χ4n) is 3.63. The molecule has 0 bridgehead atoms. The van der Waals surface area contributed by atoms with E-state index in [4.69, 9.17) is 10.5 Å². The Kier molecular flexibility index (Phi) is 4.52. The standard InChI is InChI=1S/C16H25N3OS/c1-11-9-14(12(2)19-18-11)15(17)13-3-6-20-16(10-13)4-7-21-8-5-16/h9,13,15H,3-8,10,17H2,1-2H3. The summed E-state index contributed by atoms with van der Waals surface area (Å²) in [4.78, 5) is 0. The van der Waals surface area contributed by atoms with E-state index in [0.717, 1.165) is 36.4 Å². The van der Waals surface area contributed by atoms with Crippen LogP contribution in [0.25, 0.3) is 0 Å². The minimum absolute atomic E-state index is 0.0505. The maximum Gasteiger partial charge on any atom is 0.0701 e. The summed E-state index contributed by atoms with van der Waals surface area (Å²) in [6.45, 7) is 4.83. The van der Waals surface area contributed by atoms with Crippen LogP contribution in [0.1, 0.15) is 48.7 Å². The Morgan fingerprint density at radius 1 is 1.33 bits per heavy atom. The highest BCUT2D eigenvalue weighted by Crippen LogP contribution is 2.43. The molecule has 2 atom stereocenters. The first kappa shape index (κ1) is 15.3. The summed E-state index contributed by atoms with van der Waals surface area (Å²) in [6, 6.07) is 2.15. The summed E-state index contributed by atoms with van der Waals surface area (Å²) in [5.41, 5.74) is 9.77. The SMILES string of the molecule is Cc1cc(C(N)C2CCOC3(CCSCC3)C2)c(C)nn1. The molecule has 116 valence electrons. The van der Waals surface area contributed by atoms with Gasteiger partial charge in [-0.1, -0.05) is 0 Å². The molecule has 2 unspecified atom stereocenters. The average Bonchev–Trinajstić information content (AvgIpc) is 2.50. The maximum absolute atomic E-state index is 6.60. The van der Waals surface area contributed by atoms with Crippen molar-refractivity contribution in [2.75, 3.05) is 18.1 Å². The van der Waals surface area contributed by atoms with E-state index in [0.29, 0.717) is 5.92 Å². The van der Waals surface area contributed by atoms with E-state index >= 15 is 0 Å². The van der Waals surface area contributed by atoms with Crippen molar-refractivity contribution in [2.45, 2.75) is 51.2 Å². The summed E-state index contributed by atoms with van der Waals surface area (Å²) in [5.74, 6) is 2.93. The number of ether oxygens (including phenoxy) is 1. The highest BCUT2D eigenvalue weighted by Gasteiger charge is 2.40. The quantitative estimate of drug-likeness (QED) is 0.910. The normalized spacial score (nSPS) is 26.7. The van der Waals surface area contributed by atoms with Crippen LogP contribution < -0.4 is 5.73 Å². The first-order valence-electron chi connectivity index (χ1n) is 7.88. The van der Waals surface area contributed by atoms with Crippen molar-refractivity contribution in [1.82, 2.24) is 10.2 Å². The van der Waals surface area contributed by atoms with Gasteiger partial charge in [-0.25, -0.2) is 0 Å². The molecule has 0 radical (unpaired) electrons. The molecular formula is C16H25N3OS. The zero-order chi connectivity index (χ0) is 14.9. The van der Waals surface area contributed by atoms with E-state index < -0.39 is 0 Å². The molecule has 3 heterocycles. The van der Waals surface area contributed by atoms with Crippen molar-refractivity contribution in [3.63, 3.8) is 0 Å². The molecule has 2 aliphatic heterocycles. The van der Waals surface area contributed by atoms with E-state index in [2.05, 4.69) is 16.3 Å². The van der Waals surface area contributed by atoms with Gasteiger partial charge in [-0.15, -0.1) is 0 Å². The summed E-state index contributed by atoms with van der Waals surface area (Å²) in [6.07, 6.45) is 4.49. The van der Waals surface area contributed by atoms with Crippen molar-refractivity contribution in [1.29, 1.82) is 0 Å². The van der Waals surface area contributed by atoms with E-state index in [9.17, 15) is 0 Å². The molecule has 2 fully saturated rings. The van der Waals surface area contributed by atoms with Crippen LogP contribution in [0.3, 0.4) is 0 Å². The number of aromatic nitrogens is 2. The van der Waals surface area contributed by atoms with Crippen LogP contribution in [-0.4, -0.2) is 33.9 Å². The van der Waals surface area contributed by atoms with Crippen LogP contribution in [0.4, 0.5) is 0 Å². The molecule has 2 aliphatic rings. The van der Waals surface area contributed by atoms with Crippen molar-refractivity contribution in [3.8, 4) is 0 Å². The number of aryl methyl sites for hydroxylation is 2. The second-order valence-electron chi connectivity index (χ2n) is 6.45. The third kappa shape index (κ3) is 3.25. The lowest BCUT2D eigenvalue weighted by Crippen LogP contribution is -2.45. The smallest absolute Gasteiger partial charge is 0.0701 e. The molecule has 0 amide bonds. The van der Waals surface area contributed by atoms with Gasteiger partial charge in [-0.3, -0.25) is 0 Å². The third-order valence-electron chi connectivity index (χ3n) is 4.94. The number of thioether (sulfide) groups is 1. The molecule has 0 aliphatic carbocycles. The van der Waals surface area contributed by atoms with Crippen LogP contribution in [0.15, 0.2) is 6.07 Å². The summed E-state index contributed by atoms with van der Waals surface area (Å²) < 4.78 is 6.18. The minimum Gasteiger partial charge on any atom is -0.375 e. The minimum atomic E-state index is 0.0505. The highest BCUT2D eigenvalue weighted by atomic mass is 32.2. The molecule has 1 aromatic rings. The number of nitrogens with two attached hydrogens (primary N) is 1. The zero-order valence-electron chi connectivity index (χ0n) is 13.0. The van der Waals surface area contributed by atoms with Gasteiger partial charge in [0.15, 0.2) is 0 Å². The summed E-state index contributed by atoms with van der Waals surface area (Å²) >= 11 is 2.04. The molecular weight excluding hydrogens is 282 g/mol. The van der Waals surface area contributed by atoms with Crippen molar-refractivity contribution in [2.24, 2.45) is 11.7 Å². The molecule has 1 spiro atoms. The van der Waals surface area contributed by atoms with E-state index in [1.165, 1.54) is 24.3 Å². The highest BCUT2D eigenvalue weighted by molar-refractivity contribution is 7.99. The third-order valence-corrected chi connectivity index (χ3v) is 5.93. The van der Waals surface area contributed by atoms with Gasteiger partial charge in [0.1, 0.15) is 0 Å². The van der Waals surface area contributed by atoms with Crippen LogP contribution in [-0.2, 0) is 4.74 Å². The topological polar surface area (TPSA) is 61.0 Å². The maximum atomic E-state index is 6.60. The van der Waals surface area contributed by atoms with Gasteiger partial charge in [-0.2, -0.15) is 22.0 Å². The lowest BCUT2D eigenvalue weighted by molar-refractivity contribution is -0.105. The van der Waals surface area contributed by atoms with Crippen LogP contribution in [0.5, 0.6) is 0 Å². The lowest BCUT2D eigenvalue weighted by Gasteiger charge is -2.45. The number of nitrogens with zero attached hydrogens (tertiary/aromatic N) is 2. The number of rotatable bonds is 2. The first-order valence-corrected chi connectivity index (χ1v) is 9.03. The molecule has 4 nitrogen and oxygen atoms in total. The van der Waals surface area contributed by atoms with Crippen LogP contribution in [0.2, 0.25) is 0 Å². The molecule has 0 aromatic carbocycles. The average molecular weight is 307 g/mol. The molecule has 5 heteroatoms. The molecule has 3 rings (SSSR count). The molecule has 1 aromatic heterocycles. The lowest BCUT2D eigenvalue weighted by atomic mass is 9.77. The Morgan fingerprint density at radius 3 is 2.86 bits per heavy atom. The Bertz CT molecular complexity index is 497. The Hall–Kier alpha value is -0.650. The predicted molar refractivity (Wildman–Crippen MR) is 86.4 cm³/mol. The van der Waals surface area contributed by atoms with Crippen LogP contribution in [0, 0.1) is 19.8 Å².